The van der Waals surface area contributed by atoms with E-state index in [-0.39, 0.29) is 0 Å². The van der Waals surface area contributed by atoms with Crippen molar-refractivity contribution in [3.8, 4) is 0 Å². The van der Waals surface area contributed by atoms with Crippen LogP contribution in [-0.4, -0.2) is 23.7 Å². The fraction of sp³-hybridized carbons (Fsp3) is 0.615. The highest BCUT2D eigenvalue weighted by Gasteiger charge is 2.29. The van der Waals surface area contributed by atoms with E-state index in [2.05, 4.69) is 23.5 Å². The van der Waals surface area contributed by atoms with Crippen LogP contribution in [0.15, 0.2) is 23.8 Å². The van der Waals surface area contributed by atoms with Gasteiger partial charge in [-0.05, 0) is 50.1 Å². The van der Waals surface area contributed by atoms with Gasteiger partial charge in [0.05, 0.1) is 0 Å². The van der Waals surface area contributed by atoms with Gasteiger partial charge in [-0.3, -0.25) is 4.79 Å². The molecule has 0 radical (unpaired) electrons. The third kappa shape index (κ3) is 2.53. The molecule has 0 aromatic carbocycles. The van der Waals surface area contributed by atoms with Gasteiger partial charge in [0, 0.05) is 0 Å². The summed E-state index contributed by atoms with van der Waals surface area (Å²) in [6, 6.07) is -0.447. The van der Waals surface area contributed by atoms with E-state index in [1.165, 1.54) is 0 Å². The minimum atomic E-state index is -0.733. The molecule has 0 saturated carbocycles. The van der Waals surface area contributed by atoms with Crippen LogP contribution in [0.5, 0.6) is 0 Å². The molecule has 0 aromatic heterocycles. The first kappa shape index (κ1) is 11.4. The van der Waals surface area contributed by atoms with E-state index in [1.54, 1.807) is 0 Å². The summed E-state index contributed by atoms with van der Waals surface area (Å²) in [7, 11) is 0. The molecule has 2 N–H and O–H groups in total. The summed E-state index contributed by atoms with van der Waals surface area (Å²) in [5.41, 5.74) is 1.11. The third-order valence-electron chi connectivity index (χ3n) is 3.45. The van der Waals surface area contributed by atoms with Crippen LogP contribution in [0.25, 0.3) is 0 Å². The van der Waals surface area contributed by atoms with E-state index in [0.717, 1.165) is 44.2 Å². The summed E-state index contributed by atoms with van der Waals surface area (Å²) in [4.78, 5) is 11.2. The molecule has 0 amide bonds. The number of nitrogens with one attached hydrogen (secondary N) is 1. The lowest BCUT2D eigenvalue weighted by atomic mass is 9.84. The fourth-order valence-corrected chi connectivity index (χ4v) is 2.64. The molecule has 1 aliphatic heterocycles. The molecule has 1 aliphatic carbocycles. The fourth-order valence-electron chi connectivity index (χ4n) is 2.64. The van der Waals surface area contributed by atoms with Crippen LogP contribution >= 0.6 is 0 Å². The number of hydrogen-bond acceptors (Lipinski definition) is 2. The molecule has 0 saturated heterocycles. The van der Waals surface area contributed by atoms with E-state index in [0.29, 0.717) is 5.92 Å². The molecule has 1 unspecified atom stereocenters. The summed E-state index contributed by atoms with van der Waals surface area (Å²) < 4.78 is 0. The number of carbonyl (C=O) groups is 1. The van der Waals surface area contributed by atoms with E-state index >= 15 is 0 Å². The Morgan fingerprint density at radius 2 is 1.94 bits per heavy atom. The summed E-state index contributed by atoms with van der Waals surface area (Å²) in [5.74, 6) is -0.285. The van der Waals surface area contributed by atoms with Gasteiger partial charge in [-0.2, -0.15) is 0 Å². The van der Waals surface area contributed by atoms with Crippen molar-refractivity contribution >= 4 is 5.97 Å². The van der Waals surface area contributed by atoms with Crippen LogP contribution in [0.1, 0.15) is 32.1 Å². The van der Waals surface area contributed by atoms with Gasteiger partial charge in [-0.1, -0.05) is 18.2 Å². The Balaban J connectivity index is 2.10. The van der Waals surface area contributed by atoms with Crippen LogP contribution in [0.2, 0.25) is 0 Å². The smallest absolute Gasteiger partial charge is 0.325 e. The molecule has 0 fully saturated rings. The number of hydrogen-bond donors (Lipinski definition) is 2. The van der Waals surface area contributed by atoms with Gasteiger partial charge in [0.1, 0.15) is 6.04 Å². The first-order chi connectivity index (χ1) is 7.79. The van der Waals surface area contributed by atoms with Crippen LogP contribution in [0.4, 0.5) is 0 Å². The second-order valence-electron chi connectivity index (χ2n) is 4.54. The Labute approximate surface area is 96.2 Å². The number of aliphatic carboxylic acids is 1. The van der Waals surface area contributed by atoms with E-state index in [4.69, 9.17) is 0 Å². The maximum atomic E-state index is 11.2. The van der Waals surface area contributed by atoms with Gasteiger partial charge >= 0.3 is 5.97 Å². The lowest BCUT2D eigenvalue weighted by molar-refractivity contribution is -0.138. The van der Waals surface area contributed by atoms with Crippen molar-refractivity contribution in [1.29, 1.82) is 0 Å². The highest BCUT2D eigenvalue weighted by molar-refractivity contribution is 5.78. The maximum absolute atomic E-state index is 11.2. The van der Waals surface area contributed by atoms with E-state index < -0.39 is 12.0 Å². The van der Waals surface area contributed by atoms with Gasteiger partial charge in [-0.15, -0.1) is 0 Å². The zero-order chi connectivity index (χ0) is 11.4. The summed E-state index contributed by atoms with van der Waals surface area (Å²) in [6.07, 6.45) is 11.9. The van der Waals surface area contributed by atoms with Crippen molar-refractivity contribution in [3.63, 3.8) is 0 Å². The number of carboxylic acids is 1. The largest absolute Gasteiger partial charge is 0.480 e. The first-order valence-electron chi connectivity index (χ1n) is 6.10. The van der Waals surface area contributed by atoms with Gasteiger partial charge in [0.25, 0.3) is 0 Å². The molecule has 1 atom stereocenters. The number of allylic oxidation sites excluding steroid dienone is 2. The van der Waals surface area contributed by atoms with Gasteiger partial charge in [0.15, 0.2) is 0 Å². The molecule has 88 valence electrons. The van der Waals surface area contributed by atoms with Gasteiger partial charge < -0.3 is 10.4 Å². The molecule has 3 nitrogen and oxygen atoms in total. The molecule has 0 aromatic rings. The lowest BCUT2D eigenvalue weighted by Gasteiger charge is -2.28. The second kappa shape index (κ2) is 5.30. The second-order valence-corrected chi connectivity index (χ2v) is 4.54. The standard InChI is InChI=1S/C13H19NO2/c15-13(16)12-11(8-5-9-14-12)10-6-3-1-2-4-7-10/h1-2,8,10,12,14H,3-7,9H2,(H,15,16). The van der Waals surface area contributed by atoms with Gasteiger partial charge in [-0.25, -0.2) is 0 Å². The van der Waals surface area contributed by atoms with Crippen LogP contribution < -0.4 is 5.32 Å². The van der Waals surface area contributed by atoms with Gasteiger partial charge in [0.2, 0.25) is 0 Å². The van der Waals surface area contributed by atoms with Crippen LogP contribution in [0.3, 0.4) is 0 Å². The summed E-state index contributed by atoms with van der Waals surface area (Å²) in [5, 5.41) is 12.3. The zero-order valence-electron chi connectivity index (χ0n) is 9.48. The molecule has 2 rings (SSSR count). The predicted octanol–water partition coefficient (Wildman–Crippen LogP) is 2.11. The van der Waals surface area contributed by atoms with Crippen molar-refractivity contribution in [2.45, 2.75) is 38.1 Å². The molecule has 1 heterocycles. The Bertz CT molecular complexity index is 310. The lowest BCUT2D eigenvalue weighted by Crippen LogP contribution is -2.43. The van der Waals surface area contributed by atoms with Crippen molar-refractivity contribution < 1.29 is 9.90 Å². The van der Waals surface area contributed by atoms with Crippen molar-refractivity contribution in [2.24, 2.45) is 5.92 Å². The predicted molar refractivity (Wildman–Crippen MR) is 63.2 cm³/mol. The highest BCUT2D eigenvalue weighted by atomic mass is 16.4. The molecule has 3 heteroatoms. The molecular formula is C13H19NO2. The summed E-state index contributed by atoms with van der Waals surface area (Å²) >= 11 is 0. The number of rotatable bonds is 2. The normalized spacial score (nSPS) is 27.2. The van der Waals surface area contributed by atoms with Crippen LogP contribution in [0, 0.1) is 5.92 Å². The molecule has 2 aliphatic rings. The molecule has 0 bridgehead atoms. The van der Waals surface area contributed by atoms with Crippen molar-refractivity contribution in [1.82, 2.24) is 5.32 Å². The molecule has 16 heavy (non-hydrogen) atoms. The van der Waals surface area contributed by atoms with E-state index in [9.17, 15) is 9.90 Å². The topological polar surface area (TPSA) is 49.3 Å². The Hall–Kier alpha value is -1.09. The SMILES string of the molecule is O=C(O)C1NCCC=C1C1CCC=CCC1. The Kier molecular flexibility index (Phi) is 3.78. The Morgan fingerprint density at radius 3 is 2.56 bits per heavy atom. The first-order valence-corrected chi connectivity index (χ1v) is 6.10. The average Bonchev–Trinajstić information content (AvgIpc) is 2.57. The number of carboxylic acid groups (broad SMARTS) is 1. The highest BCUT2D eigenvalue weighted by Crippen LogP contribution is 2.29. The van der Waals surface area contributed by atoms with Crippen LogP contribution in [-0.2, 0) is 4.79 Å². The quantitative estimate of drug-likeness (QED) is 0.702. The van der Waals surface area contributed by atoms with Crippen molar-refractivity contribution in [3.05, 3.63) is 23.8 Å². The zero-order valence-corrected chi connectivity index (χ0v) is 9.48. The average molecular weight is 221 g/mol. The maximum Gasteiger partial charge on any atom is 0.325 e. The molecular weight excluding hydrogens is 202 g/mol. The third-order valence-corrected chi connectivity index (χ3v) is 3.45. The minimum Gasteiger partial charge on any atom is -0.480 e. The van der Waals surface area contributed by atoms with Crippen molar-refractivity contribution in [2.75, 3.05) is 6.54 Å². The van der Waals surface area contributed by atoms with E-state index in [1.807, 2.05) is 0 Å². The summed E-state index contributed by atoms with van der Waals surface area (Å²) in [6.45, 7) is 0.783. The Morgan fingerprint density at radius 1 is 1.25 bits per heavy atom. The minimum absolute atomic E-state index is 0.447. The molecule has 0 spiro atoms. The monoisotopic (exact) mass is 221 g/mol.